The fourth-order valence-corrected chi connectivity index (χ4v) is 0.409. The maximum Gasteiger partial charge on any atom is 0.302 e. The van der Waals surface area contributed by atoms with Crippen molar-refractivity contribution in [2.45, 2.75) is 12.7 Å². The average Bonchev–Trinajstić information content (AvgIpc) is 1.80. The lowest BCUT2D eigenvalue weighted by molar-refractivity contribution is -0.136. The summed E-state index contributed by atoms with van der Waals surface area (Å²) in [6.45, 7) is 0.166. The van der Waals surface area contributed by atoms with E-state index in [1.165, 1.54) is 0 Å². The Kier molecular flexibility index (Phi) is 5.25. The molecule has 5 heteroatoms. The minimum absolute atomic E-state index is 0.153. The van der Waals surface area contributed by atoms with Crippen molar-refractivity contribution in [3.8, 4) is 0 Å². The molecule has 0 bridgehead atoms. The van der Waals surface area contributed by atoms with Gasteiger partial charge in [0, 0.05) is 6.42 Å². The summed E-state index contributed by atoms with van der Waals surface area (Å²) in [5.74, 6) is -0.796. The second-order valence-electron chi connectivity index (χ2n) is 1.57. The molecule has 0 aromatic rings. The lowest BCUT2D eigenvalue weighted by Crippen LogP contribution is -2.09. The van der Waals surface area contributed by atoms with Crippen LogP contribution in [0.3, 0.4) is 0 Å². The van der Waals surface area contributed by atoms with Crippen LogP contribution in [0.5, 0.6) is 0 Å². The number of hydrogen-bond acceptors (Lipinski definition) is 3. The van der Waals surface area contributed by atoms with E-state index in [-0.39, 0.29) is 13.2 Å². The van der Waals surface area contributed by atoms with Crippen molar-refractivity contribution in [1.82, 2.24) is 0 Å². The number of carbonyl (C=O) groups is 1. The van der Waals surface area contributed by atoms with E-state index in [0.717, 1.165) is 0 Å². The molecule has 0 amide bonds. The first kappa shape index (κ1) is 8.45. The highest BCUT2D eigenvalue weighted by molar-refractivity contribution is 6.27. The van der Waals surface area contributed by atoms with Crippen molar-refractivity contribution >= 4 is 13.5 Å². The smallest absolute Gasteiger partial charge is 0.302 e. The number of carboxylic acid groups (broad SMARTS) is 1. The molecule has 3 N–H and O–H groups in total. The lowest BCUT2D eigenvalue weighted by Gasteiger charge is -1.94. The molecule has 4 nitrogen and oxygen atoms in total. The van der Waals surface area contributed by atoms with Gasteiger partial charge in [-0.2, -0.15) is 0 Å². The van der Waals surface area contributed by atoms with Crippen LogP contribution in [0.4, 0.5) is 0 Å². The van der Waals surface area contributed by atoms with Crippen LogP contribution in [0.25, 0.3) is 0 Å². The van der Waals surface area contributed by atoms with Crippen LogP contribution in [0.15, 0.2) is 0 Å². The molecule has 0 heterocycles. The Morgan fingerprint density at radius 1 is 1.78 bits per heavy atom. The quantitative estimate of drug-likeness (QED) is 0.290. The third-order valence-corrected chi connectivity index (χ3v) is 0.797. The molecular formula is C4H10BNO3. The summed E-state index contributed by atoms with van der Waals surface area (Å²) < 4.78 is 4.70. The average molecular weight is 131 g/mol. The summed E-state index contributed by atoms with van der Waals surface area (Å²) >= 11 is 0. The summed E-state index contributed by atoms with van der Waals surface area (Å²) in [5, 5.41) is 8.13. The van der Waals surface area contributed by atoms with Crippen LogP contribution < -0.4 is 5.73 Å². The van der Waals surface area contributed by atoms with Crippen LogP contribution >= 0.6 is 0 Å². The van der Waals surface area contributed by atoms with Gasteiger partial charge >= 0.3 is 5.97 Å². The lowest BCUT2D eigenvalue weighted by atomic mass is 9.93. The van der Waals surface area contributed by atoms with E-state index in [1.54, 1.807) is 0 Å². The second kappa shape index (κ2) is 5.59. The van der Waals surface area contributed by atoms with Crippen molar-refractivity contribution in [2.75, 3.05) is 6.73 Å². The van der Waals surface area contributed by atoms with E-state index in [2.05, 4.69) is 0 Å². The zero-order valence-electron chi connectivity index (χ0n) is 5.17. The summed E-state index contributed by atoms with van der Waals surface area (Å²) in [7, 11) is 0.433. The fourth-order valence-electron chi connectivity index (χ4n) is 0.409. The zero-order valence-corrected chi connectivity index (χ0v) is 5.17. The molecule has 9 heavy (non-hydrogen) atoms. The highest BCUT2D eigenvalue weighted by atomic mass is 16.4. The van der Waals surface area contributed by atoms with Gasteiger partial charge in [-0.25, -0.2) is 0 Å². The van der Waals surface area contributed by atoms with Gasteiger partial charge in [0.2, 0.25) is 0 Å². The Hall–Kier alpha value is -0.545. The topological polar surface area (TPSA) is 72.5 Å². The molecule has 0 radical (unpaired) electrons. The van der Waals surface area contributed by atoms with Crippen LogP contribution in [-0.4, -0.2) is 25.3 Å². The molecule has 0 fully saturated rings. The molecule has 0 aliphatic rings. The van der Waals surface area contributed by atoms with Crippen LogP contribution in [0.2, 0.25) is 6.32 Å². The Bertz CT molecular complexity index is 87.9. The second-order valence-corrected chi connectivity index (χ2v) is 1.57. The summed E-state index contributed by atoms with van der Waals surface area (Å²) in [6, 6.07) is 0. The van der Waals surface area contributed by atoms with Crippen LogP contribution in [0.1, 0.15) is 6.42 Å². The molecule has 0 rings (SSSR count). The van der Waals surface area contributed by atoms with Gasteiger partial charge in [0.15, 0.2) is 0 Å². The van der Waals surface area contributed by atoms with Crippen molar-refractivity contribution in [1.29, 1.82) is 0 Å². The molecular weight excluding hydrogens is 121 g/mol. The Morgan fingerprint density at radius 2 is 2.44 bits per heavy atom. The number of hydrogen-bond donors (Lipinski definition) is 2. The maximum atomic E-state index is 9.88. The maximum absolute atomic E-state index is 9.88. The zero-order chi connectivity index (χ0) is 7.11. The monoisotopic (exact) mass is 131 g/mol. The van der Waals surface area contributed by atoms with E-state index in [4.69, 9.17) is 15.5 Å². The van der Waals surface area contributed by atoms with E-state index in [9.17, 15) is 4.79 Å². The van der Waals surface area contributed by atoms with Gasteiger partial charge in [0.25, 0.3) is 7.48 Å². The van der Waals surface area contributed by atoms with Gasteiger partial charge in [-0.15, -0.1) is 0 Å². The van der Waals surface area contributed by atoms with E-state index in [0.29, 0.717) is 13.8 Å². The first-order chi connectivity index (χ1) is 4.27. The molecule has 0 aromatic carbocycles. The Morgan fingerprint density at radius 3 is 2.89 bits per heavy atom. The summed E-state index contributed by atoms with van der Waals surface area (Å²) in [6.07, 6.45) is 0.687. The minimum atomic E-state index is -0.796. The van der Waals surface area contributed by atoms with Crippen molar-refractivity contribution in [2.24, 2.45) is 5.73 Å². The van der Waals surface area contributed by atoms with Gasteiger partial charge in [-0.3, -0.25) is 4.79 Å². The summed E-state index contributed by atoms with van der Waals surface area (Å²) in [5.41, 5.74) is 4.98. The largest absolute Gasteiger partial charge is 0.481 e. The fraction of sp³-hybridized carbons (Fsp3) is 0.750. The van der Waals surface area contributed by atoms with E-state index < -0.39 is 5.97 Å². The van der Waals surface area contributed by atoms with Crippen molar-refractivity contribution in [3.63, 3.8) is 0 Å². The predicted molar refractivity (Wildman–Crippen MR) is 34.3 cm³/mol. The van der Waals surface area contributed by atoms with Gasteiger partial charge in [0.05, 0.1) is 6.73 Å². The molecule has 0 spiro atoms. The standard InChI is InChI=1S/C4H10BNO3/c6-3-9-5-2-1-4(7)8/h5H,1-3,6H2,(H,7,8). The predicted octanol–water partition coefficient (Wildman–Crippen LogP) is -0.836. The number of carboxylic acids is 1. The number of aliphatic carboxylic acids is 1. The summed E-state index contributed by atoms with van der Waals surface area (Å²) in [4.78, 5) is 9.88. The Balaban J connectivity index is 2.83. The third kappa shape index (κ3) is 7.45. The van der Waals surface area contributed by atoms with E-state index >= 15 is 0 Å². The van der Waals surface area contributed by atoms with Gasteiger partial charge in [0.1, 0.15) is 0 Å². The molecule has 52 valence electrons. The molecule has 0 atom stereocenters. The number of rotatable bonds is 5. The van der Waals surface area contributed by atoms with E-state index in [1.807, 2.05) is 0 Å². The number of nitrogens with two attached hydrogens (primary N) is 1. The van der Waals surface area contributed by atoms with Gasteiger partial charge < -0.3 is 15.5 Å². The molecule has 0 saturated carbocycles. The molecule has 0 aromatic heterocycles. The van der Waals surface area contributed by atoms with Crippen LogP contribution in [0, 0.1) is 0 Å². The Labute approximate surface area is 54.3 Å². The molecule has 0 saturated heterocycles. The van der Waals surface area contributed by atoms with Gasteiger partial charge in [-0.1, -0.05) is 0 Å². The molecule has 0 aliphatic carbocycles. The molecule has 0 unspecified atom stereocenters. The van der Waals surface area contributed by atoms with Crippen LogP contribution in [-0.2, 0) is 9.45 Å². The molecule has 0 aliphatic heterocycles. The SMILES string of the molecule is NCOBCCC(=O)O. The van der Waals surface area contributed by atoms with Gasteiger partial charge in [-0.05, 0) is 6.32 Å². The first-order valence-electron chi connectivity index (χ1n) is 2.77. The van der Waals surface area contributed by atoms with Crippen molar-refractivity contribution < 1.29 is 14.6 Å². The van der Waals surface area contributed by atoms with Crippen molar-refractivity contribution in [3.05, 3.63) is 0 Å². The normalized spacial score (nSPS) is 9.00. The highest BCUT2D eigenvalue weighted by Crippen LogP contribution is 1.87. The minimum Gasteiger partial charge on any atom is -0.481 e. The first-order valence-corrected chi connectivity index (χ1v) is 2.77. The third-order valence-electron chi connectivity index (χ3n) is 0.797. The highest BCUT2D eigenvalue weighted by Gasteiger charge is 1.96.